The zero-order chi connectivity index (χ0) is 21.0. The zero-order valence-electron chi connectivity index (χ0n) is 17.5. The molecule has 0 atom stereocenters. The van der Waals surface area contributed by atoms with Crippen molar-refractivity contribution in [3.63, 3.8) is 0 Å². The molecular formula is C21H28N4O3S. The summed E-state index contributed by atoms with van der Waals surface area (Å²) in [7, 11) is 0. The largest absolute Gasteiger partial charge is 0.450 e. The summed E-state index contributed by atoms with van der Waals surface area (Å²) in [5.41, 5.74) is 4.02. The summed E-state index contributed by atoms with van der Waals surface area (Å²) in [5.74, 6) is -0.0547. The number of hydrogen-bond donors (Lipinski definition) is 0. The maximum atomic E-state index is 12.4. The first-order valence-corrected chi connectivity index (χ1v) is 10.7. The van der Waals surface area contributed by atoms with Gasteiger partial charge in [0.05, 0.1) is 18.0 Å². The Morgan fingerprint density at radius 2 is 1.93 bits per heavy atom. The van der Waals surface area contributed by atoms with E-state index >= 15 is 0 Å². The van der Waals surface area contributed by atoms with Gasteiger partial charge in [-0.1, -0.05) is 17.7 Å². The van der Waals surface area contributed by atoms with Crippen molar-refractivity contribution in [2.75, 3.05) is 37.7 Å². The fourth-order valence-electron chi connectivity index (χ4n) is 3.47. The van der Waals surface area contributed by atoms with Crippen molar-refractivity contribution in [2.45, 2.75) is 34.2 Å². The predicted molar refractivity (Wildman–Crippen MR) is 115 cm³/mol. The number of nitrogens with zero attached hydrogens (tertiary/aromatic N) is 4. The number of anilines is 2. The van der Waals surface area contributed by atoms with Gasteiger partial charge in [0.15, 0.2) is 5.13 Å². The van der Waals surface area contributed by atoms with Gasteiger partial charge in [0.1, 0.15) is 0 Å². The molecule has 1 aromatic carbocycles. The van der Waals surface area contributed by atoms with Crippen LogP contribution in [0.2, 0.25) is 0 Å². The predicted octanol–water partition coefficient (Wildman–Crippen LogP) is 3.72. The molecule has 0 radical (unpaired) electrons. The Hall–Kier alpha value is -2.45. The van der Waals surface area contributed by atoms with E-state index < -0.39 is 0 Å². The van der Waals surface area contributed by atoms with Gasteiger partial charge in [-0.25, -0.2) is 9.78 Å². The molecule has 2 amide bonds. The molecule has 2 heterocycles. The molecule has 156 valence electrons. The van der Waals surface area contributed by atoms with Crippen molar-refractivity contribution >= 4 is 34.2 Å². The van der Waals surface area contributed by atoms with Crippen LogP contribution in [0.3, 0.4) is 0 Å². The molecule has 0 aliphatic carbocycles. The molecule has 1 aliphatic rings. The van der Waals surface area contributed by atoms with Gasteiger partial charge < -0.3 is 9.64 Å². The number of hydrogen-bond acceptors (Lipinski definition) is 6. The Balaban J connectivity index is 1.67. The lowest BCUT2D eigenvalue weighted by atomic mass is 10.1. The normalized spacial score (nSPS) is 14.7. The molecule has 0 saturated carbocycles. The summed E-state index contributed by atoms with van der Waals surface area (Å²) >= 11 is 1.48. The van der Waals surface area contributed by atoms with E-state index in [2.05, 4.69) is 11.0 Å². The number of thiazole rings is 1. The third-order valence-electron chi connectivity index (χ3n) is 4.92. The molecule has 8 heteroatoms. The summed E-state index contributed by atoms with van der Waals surface area (Å²) < 4.78 is 5.07. The Morgan fingerprint density at radius 3 is 2.55 bits per heavy atom. The number of carbonyl (C=O) groups excluding carboxylic acids is 2. The summed E-state index contributed by atoms with van der Waals surface area (Å²) in [6.07, 6.45) is -0.242. The standard InChI is InChI=1S/C21H28N4O3S/c1-5-28-21(27)24-10-8-23(9-11-24)13-18-14-29-20(22-18)25(17(4)26)19-7-6-15(2)12-16(19)3/h6-7,12,14H,5,8-11,13H2,1-4H3. The summed E-state index contributed by atoms with van der Waals surface area (Å²) in [5, 5.41) is 2.69. The van der Waals surface area contributed by atoms with E-state index in [1.807, 2.05) is 38.3 Å². The van der Waals surface area contributed by atoms with E-state index in [1.54, 1.807) is 16.7 Å². The van der Waals surface area contributed by atoms with Gasteiger partial charge in [-0.3, -0.25) is 14.6 Å². The second-order valence-corrected chi connectivity index (χ2v) is 8.06. The van der Waals surface area contributed by atoms with Crippen LogP contribution in [0.15, 0.2) is 23.6 Å². The first-order chi connectivity index (χ1) is 13.9. The van der Waals surface area contributed by atoms with Crippen LogP contribution >= 0.6 is 11.3 Å². The van der Waals surface area contributed by atoms with Crippen LogP contribution in [0.1, 0.15) is 30.7 Å². The maximum absolute atomic E-state index is 12.4. The fourth-order valence-corrected chi connectivity index (χ4v) is 4.34. The minimum absolute atomic E-state index is 0.0547. The Morgan fingerprint density at radius 1 is 1.21 bits per heavy atom. The van der Waals surface area contributed by atoms with E-state index in [1.165, 1.54) is 11.3 Å². The van der Waals surface area contributed by atoms with Gasteiger partial charge in [0.2, 0.25) is 5.91 Å². The molecule has 7 nitrogen and oxygen atoms in total. The minimum Gasteiger partial charge on any atom is -0.450 e. The summed E-state index contributed by atoms with van der Waals surface area (Å²) in [6, 6.07) is 6.06. The Labute approximate surface area is 175 Å². The van der Waals surface area contributed by atoms with Gasteiger partial charge in [-0.05, 0) is 32.4 Å². The highest BCUT2D eigenvalue weighted by Crippen LogP contribution is 2.32. The van der Waals surface area contributed by atoms with Crippen LogP contribution in [0.5, 0.6) is 0 Å². The Bertz CT molecular complexity index is 875. The molecule has 3 rings (SSSR count). The number of carbonyl (C=O) groups is 2. The molecule has 1 fully saturated rings. The van der Waals surface area contributed by atoms with Gasteiger partial charge in [0.25, 0.3) is 0 Å². The number of aryl methyl sites for hydroxylation is 2. The molecule has 1 saturated heterocycles. The van der Waals surface area contributed by atoms with Crippen LogP contribution in [0.4, 0.5) is 15.6 Å². The minimum atomic E-state index is -0.242. The highest BCUT2D eigenvalue weighted by molar-refractivity contribution is 7.14. The van der Waals surface area contributed by atoms with Crippen LogP contribution < -0.4 is 4.90 Å². The van der Waals surface area contributed by atoms with Crippen LogP contribution in [0.25, 0.3) is 0 Å². The Kier molecular flexibility index (Phi) is 6.87. The summed E-state index contributed by atoms with van der Waals surface area (Å²) in [6.45, 7) is 11.4. The molecule has 1 aromatic heterocycles. The highest BCUT2D eigenvalue weighted by atomic mass is 32.1. The fraction of sp³-hybridized carbons (Fsp3) is 0.476. The van der Waals surface area contributed by atoms with Crippen LogP contribution in [-0.2, 0) is 16.1 Å². The monoisotopic (exact) mass is 416 g/mol. The second kappa shape index (κ2) is 9.37. The molecular weight excluding hydrogens is 388 g/mol. The van der Waals surface area contributed by atoms with E-state index in [9.17, 15) is 9.59 Å². The van der Waals surface area contributed by atoms with E-state index in [-0.39, 0.29) is 12.0 Å². The van der Waals surface area contributed by atoms with E-state index in [0.29, 0.717) is 31.4 Å². The van der Waals surface area contributed by atoms with Crippen LogP contribution in [0, 0.1) is 13.8 Å². The first-order valence-electron chi connectivity index (χ1n) is 9.85. The second-order valence-electron chi connectivity index (χ2n) is 7.23. The molecule has 0 N–H and O–H groups in total. The van der Waals surface area contributed by atoms with Gasteiger partial charge in [0, 0.05) is 45.0 Å². The number of amides is 2. The average Bonchev–Trinajstić information content (AvgIpc) is 3.12. The third-order valence-corrected chi connectivity index (χ3v) is 5.80. The van der Waals surface area contributed by atoms with E-state index in [4.69, 9.17) is 9.72 Å². The molecule has 0 spiro atoms. The number of piperazine rings is 1. The number of rotatable bonds is 5. The molecule has 0 bridgehead atoms. The van der Waals surface area contributed by atoms with Crippen LogP contribution in [-0.4, -0.2) is 59.6 Å². The first kappa shape index (κ1) is 21.3. The molecule has 1 aliphatic heterocycles. The number of ether oxygens (including phenoxy) is 1. The quantitative estimate of drug-likeness (QED) is 0.743. The van der Waals surface area contributed by atoms with Crippen molar-refractivity contribution in [1.29, 1.82) is 0 Å². The lowest BCUT2D eigenvalue weighted by Gasteiger charge is -2.33. The van der Waals surface area contributed by atoms with Gasteiger partial charge in [-0.2, -0.15) is 0 Å². The number of aromatic nitrogens is 1. The molecule has 0 unspecified atom stereocenters. The summed E-state index contributed by atoms with van der Waals surface area (Å²) in [4.78, 5) is 34.6. The van der Waals surface area contributed by atoms with Crippen molar-refractivity contribution < 1.29 is 14.3 Å². The molecule has 29 heavy (non-hydrogen) atoms. The smallest absolute Gasteiger partial charge is 0.409 e. The van der Waals surface area contributed by atoms with Crippen molar-refractivity contribution in [2.24, 2.45) is 0 Å². The van der Waals surface area contributed by atoms with Gasteiger partial charge >= 0.3 is 6.09 Å². The lowest BCUT2D eigenvalue weighted by Crippen LogP contribution is -2.48. The number of benzene rings is 1. The van der Waals surface area contributed by atoms with Crippen molar-refractivity contribution in [3.05, 3.63) is 40.4 Å². The van der Waals surface area contributed by atoms with Crippen molar-refractivity contribution in [1.82, 2.24) is 14.8 Å². The highest BCUT2D eigenvalue weighted by Gasteiger charge is 2.24. The SMILES string of the molecule is CCOC(=O)N1CCN(Cc2csc(N(C(C)=O)c3ccc(C)cc3C)n2)CC1. The lowest BCUT2D eigenvalue weighted by molar-refractivity contribution is -0.115. The molecule has 2 aromatic rings. The average molecular weight is 417 g/mol. The third kappa shape index (κ3) is 5.13. The topological polar surface area (TPSA) is 66.0 Å². The van der Waals surface area contributed by atoms with Crippen molar-refractivity contribution in [3.8, 4) is 0 Å². The van der Waals surface area contributed by atoms with E-state index in [0.717, 1.165) is 35.6 Å². The zero-order valence-corrected chi connectivity index (χ0v) is 18.3. The van der Waals surface area contributed by atoms with Gasteiger partial charge in [-0.15, -0.1) is 11.3 Å². The maximum Gasteiger partial charge on any atom is 0.409 e.